The highest BCUT2D eigenvalue weighted by molar-refractivity contribution is 7.09. The van der Waals surface area contributed by atoms with Crippen LogP contribution < -0.4 is 5.32 Å². The number of amides is 1. The lowest BCUT2D eigenvalue weighted by Gasteiger charge is -2.02. The molecule has 0 aliphatic rings. The number of rotatable bonds is 4. The first kappa shape index (κ1) is 13.8. The van der Waals surface area contributed by atoms with E-state index >= 15 is 0 Å². The van der Waals surface area contributed by atoms with E-state index < -0.39 is 0 Å². The summed E-state index contributed by atoms with van der Waals surface area (Å²) in [5.74, 6) is 0.763. The van der Waals surface area contributed by atoms with Crippen molar-refractivity contribution in [3.63, 3.8) is 0 Å². The van der Waals surface area contributed by atoms with E-state index in [1.165, 1.54) is 0 Å². The zero-order chi connectivity index (χ0) is 14.8. The standard InChI is InChI=1S/C16H16N2O2S/c1-10-13-5-3-4-6-14(13)20-15(10)8-17-16(19)7-12-9-21-11(2)18-12/h3-6,9H,7-8H2,1-2H3,(H,17,19). The zero-order valence-corrected chi connectivity index (χ0v) is 12.8. The Kier molecular flexibility index (Phi) is 3.75. The summed E-state index contributed by atoms with van der Waals surface area (Å²) < 4.78 is 5.78. The molecule has 1 N–H and O–H groups in total. The topological polar surface area (TPSA) is 55.1 Å². The Morgan fingerprint density at radius 2 is 2.14 bits per heavy atom. The summed E-state index contributed by atoms with van der Waals surface area (Å²) in [6, 6.07) is 7.89. The Morgan fingerprint density at radius 1 is 1.33 bits per heavy atom. The molecule has 3 rings (SSSR count). The summed E-state index contributed by atoms with van der Waals surface area (Å²) in [7, 11) is 0. The van der Waals surface area contributed by atoms with Crippen LogP contribution in [0, 0.1) is 13.8 Å². The average molecular weight is 300 g/mol. The second kappa shape index (κ2) is 5.69. The molecule has 5 heteroatoms. The minimum absolute atomic E-state index is 0.0415. The van der Waals surface area contributed by atoms with Crippen molar-refractivity contribution in [2.45, 2.75) is 26.8 Å². The van der Waals surface area contributed by atoms with Crippen LogP contribution >= 0.6 is 11.3 Å². The van der Waals surface area contributed by atoms with E-state index in [-0.39, 0.29) is 5.91 Å². The van der Waals surface area contributed by atoms with Crippen LogP contribution in [0.15, 0.2) is 34.1 Å². The molecule has 0 unspecified atom stereocenters. The number of benzene rings is 1. The Hall–Kier alpha value is -2.14. The first-order chi connectivity index (χ1) is 10.1. The third kappa shape index (κ3) is 2.97. The number of thiazole rings is 1. The van der Waals surface area contributed by atoms with Crippen LogP contribution in [-0.4, -0.2) is 10.9 Å². The molecule has 21 heavy (non-hydrogen) atoms. The number of furan rings is 1. The number of aromatic nitrogens is 1. The third-order valence-electron chi connectivity index (χ3n) is 3.40. The summed E-state index contributed by atoms with van der Waals surface area (Å²) in [5, 5.41) is 6.88. The monoisotopic (exact) mass is 300 g/mol. The van der Waals surface area contributed by atoms with Gasteiger partial charge in [0, 0.05) is 16.3 Å². The van der Waals surface area contributed by atoms with Gasteiger partial charge in [-0.2, -0.15) is 0 Å². The number of carbonyl (C=O) groups is 1. The lowest BCUT2D eigenvalue weighted by atomic mass is 10.1. The molecule has 2 aromatic heterocycles. The van der Waals surface area contributed by atoms with E-state index in [4.69, 9.17) is 4.42 Å². The molecular weight excluding hydrogens is 284 g/mol. The van der Waals surface area contributed by atoms with E-state index in [9.17, 15) is 4.79 Å². The van der Waals surface area contributed by atoms with Gasteiger partial charge in [0.25, 0.3) is 0 Å². The van der Waals surface area contributed by atoms with Crippen molar-refractivity contribution >= 4 is 28.2 Å². The predicted octanol–water partition coefficient (Wildman–Crippen LogP) is 3.37. The second-order valence-corrected chi connectivity index (χ2v) is 6.02. The SMILES string of the molecule is Cc1nc(CC(=O)NCc2oc3ccccc3c2C)cs1. The average Bonchev–Trinajstić information content (AvgIpc) is 3.01. The van der Waals surface area contributed by atoms with Crippen LogP contribution in [0.1, 0.15) is 22.0 Å². The molecule has 3 aromatic rings. The molecule has 108 valence electrons. The van der Waals surface area contributed by atoms with E-state index in [0.717, 1.165) is 33.0 Å². The van der Waals surface area contributed by atoms with Gasteiger partial charge in [-0.15, -0.1) is 11.3 Å². The minimum atomic E-state index is -0.0415. The molecule has 0 saturated carbocycles. The summed E-state index contributed by atoms with van der Waals surface area (Å²) in [5.41, 5.74) is 2.75. The minimum Gasteiger partial charge on any atom is -0.459 e. The summed E-state index contributed by atoms with van der Waals surface area (Å²) in [4.78, 5) is 16.2. The van der Waals surface area contributed by atoms with Gasteiger partial charge in [0.1, 0.15) is 11.3 Å². The van der Waals surface area contributed by atoms with Gasteiger partial charge >= 0.3 is 0 Å². The zero-order valence-electron chi connectivity index (χ0n) is 12.0. The fraction of sp³-hybridized carbons (Fsp3) is 0.250. The lowest BCUT2D eigenvalue weighted by Crippen LogP contribution is -2.24. The highest BCUT2D eigenvalue weighted by Gasteiger charge is 2.12. The van der Waals surface area contributed by atoms with Gasteiger partial charge in [0.2, 0.25) is 5.91 Å². The largest absolute Gasteiger partial charge is 0.459 e. The Labute approximate surface area is 126 Å². The number of para-hydroxylation sites is 1. The number of hydrogen-bond acceptors (Lipinski definition) is 4. The van der Waals surface area contributed by atoms with Gasteiger partial charge in [-0.3, -0.25) is 4.79 Å². The van der Waals surface area contributed by atoms with Crippen LogP contribution in [0.2, 0.25) is 0 Å². The Bertz CT molecular complexity index is 789. The van der Waals surface area contributed by atoms with Crippen LogP contribution in [-0.2, 0) is 17.8 Å². The van der Waals surface area contributed by atoms with Crippen molar-refractivity contribution in [1.82, 2.24) is 10.3 Å². The van der Waals surface area contributed by atoms with Gasteiger partial charge < -0.3 is 9.73 Å². The molecular formula is C16H16N2O2S. The number of hydrogen-bond donors (Lipinski definition) is 1. The molecule has 0 spiro atoms. The normalized spacial score (nSPS) is 11.0. The highest BCUT2D eigenvalue weighted by atomic mass is 32.1. The number of carbonyl (C=O) groups excluding carboxylic acids is 1. The number of fused-ring (bicyclic) bond motifs is 1. The summed E-state index contributed by atoms with van der Waals surface area (Å²) in [6.45, 7) is 4.35. The van der Waals surface area contributed by atoms with Crippen molar-refractivity contribution in [3.8, 4) is 0 Å². The maximum Gasteiger partial charge on any atom is 0.226 e. The van der Waals surface area contributed by atoms with Gasteiger partial charge in [-0.25, -0.2) is 4.98 Å². The van der Waals surface area contributed by atoms with Crippen molar-refractivity contribution < 1.29 is 9.21 Å². The number of nitrogens with one attached hydrogen (secondary N) is 1. The molecule has 1 aromatic carbocycles. The molecule has 0 aliphatic carbocycles. The quantitative estimate of drug-likeness (QED) is 0.803. The Balaban J connectivity index is 1.66. The summed E-state index contributed by atoms with van der Waals surface area (Å²) in [6.07, 6.45) is 0.309. The lowest BCUT2D eigenvalue weighted by molar-refractivity contribution is -0.120. The van der Waals surface area contributed by atoms with Gasteiger partial charge in [0.15, 0.2) is 0 Å². The molecule has 0 fully saturated rings. The second-order valence-electron chi connectivity index (χ2n) is 4.96. The maximum atomic E-state index is 11.9. The van der Waals surface area contributed by atoms with Crippen molar-refractivity contribution in [1.29, 1.82) is 0 Å². The van der Waals surface area contributed by atoms with E-state index in [0.29, 0.717) is 13.0 Å². The molecule has 2 heterocycles. The third-order valence-corrected chi connectivity index (χ3v) is 4.22. The molecule has 0 atom stereocenters. The predicted molar refractivity (Wildman–Crippen MR) is 83.4 cm³/mol. The fourth-order valence-corrected chi connectivity index (χ4v) is 2.90. The molecule has 0 saturated heterocycles. The number of aryl methyl sites for hydroxylation is 2. The van der Waals surface area contributed by atoms with Crippen LogP contribution in [0.3, 0.4) is 0 Å². The smallest absolute Gasteiger partial charge is 0.226 e. The number of nitrogens with zero attached hydrogens (tertiary/aromatic N) is 1. The van der Waals surface area contributed by atoms with E-state index in [1.54, 1.807) is 11.3 Å². The van der Waals surface area contributed by atoms with Crippen molar-refractivity contribution in [2.75, 3.05) is 0 Å². The first-order valence-corrected chi connectivity index (χ1v) is 7.66. The molecule has 1 amide bonds. The van der Waals surface area contributed by atoms with Gasteiger partial charge in [-0.1, -0.05) is 18.2 Å². The Morgan fingerprint density at radius 3 is 2.86 bits per heavy atom. The van der Waals surface area contributed by atoms with Gasteiger partial charge in [0.05, 0.1) is 23.7 Å². The molecule has 0 aliphatic heterocycles. The van der Waals surface area contributed by atoms with Crippen LogP contribution in [0.5, 0.6) is 0 Å². The molecule has 4 nitrogen and oxygen atoms in total. The van der Waals surface area contributed by atoms with Crippen LogP contribution in [0.25, 0.3) is 11.0 Å². The maximum absolute atomic E-state index is 11.9. The fourth-order valence-electron chi connectivity index (χ4n) is 2.29. The highest BCUT2D eigenvalue weighted by Crippen LogP contribution is 2.24. The van der Waals surface area contributed by atoms with Crippen LogP contribution in [0.4, 0.5) is 0 Å². The van der Waals surface area contributed by atoms with E-state index in [2.05, 4.69) is 10.3 Å². The van der Waals surface area contributed by atoms with Crippen molar-refractivity contribution in [2.24, 2.45) is 0 Å². The van der Waals surface area contributed by atoms with Gasteiger partial charge in [-0.05, 0) is 19.9 Å². The van der Waals surface area contributed by atoms with Crippen molar-refractivity contribution in [3.05, 3.63) is 51.7 Å². The molecule has 0 bridgehead atoms. The first-order valence-electron chi connectivity index (χ1n) is 6.78. The molecule has 0 radical (unpaired) electrons. The summed E-state index contributed by atoms with van der Waals surface area (Å²) >= 11 is 1.56. The van der Waals surface area contributed by atoms with E-state index in [1.807, 2.05) is 43.5 Å².